The van der Waals surface area contributed by atoms with E-state index in [1.165, 1.54) is 13.2 Å². The Morgan fingerprint density at radius 2 is 2.00 bits per heavy atom. The SMILES string of the molecule is COc1cc(Cl)cc(CO)c1OCc1cc(Br)ccc1F. The molecule has 0 aromatic heterocycles. The third kappa shape index (κ3) is 3.87. The number of methoxy groups -OCH3 is 1. The summed E-state index contributed by atoms with van der Waals surface area (Å²) in [5.41, 5.74) is 0.875. The van der Waals surface area contributed by atoms with E-state index in [2.05, 4.69) is 15.9 Å². The van der Waals surface area contributed by atoms with Crippen molar-refractivity contribution in [2.75, 3.05) is 7.11 Å². The van der Waals surface area contributed by atoms with Crippen LogP contribution in [0.5, 0.6) is 11.5 Å². The Bertz CT molecular complexity index is 624. The summed E-state index contributed by atoms with van der Waals surface area (Å²) >= 11 is 9.21. The first-order valence-corrected chi connectivity index (χ1v) is 7.26. The zero-order chi connectivity index (χ0) is 15.4. The van der Waals surface area contributed by atoms with E-state index in [9.17, 15) is 9.50 Å². The Labute approximate surface area is 135 Å². The molecule has 0 heterocycles. The molecule has 0 fully saturated rings. The van der Waals surface area contributed by atoms with Crippen molar-refractivity contribution >= 4 is 27.5 Å². The number of halogens is 3. The van der Waals surface area contributed by atoms with Gasteiger partial charge in [0.15, 0.2) is 11.5 Å². The minimum Gasteiger partial charge on any atom is -0.493 e. The van der Waals surface area contributed by atoms with Gasteiger partial charge in [-0.05, 0) is 24.3 Å². The standard InChI is InChI=1S/C15H13BrClFO3/c1-20-14-6-12(17)5-9(7-19)15(14)21-8-10-4-11(16)2-3-13(10)18/h2-6,19H,7-8H2,1H3. The lowest BCUT2D eigenvalue weighted by Gasteiger charge is -2.15. The molecule has 2 rings (SSSR count). The van der Waals surface area contributed by atoms with Gasteiger partial charge in [-0.15, -0.1) is 0 Å². The molecule has 0 saturated heterocycles. The van der Waals surface area contributed by atoms with E-state index in [0.29, 0.717) is 27.6 Å². The number of benzene rings is 2. The van der Waals surface area contributed by atoms with Crippen molar-refractivity contribution in [3.8, 4) is 11.5 Å². The van der Waals surface area contributed by atoms with Gasteiger partial charge < -0.3 is 14.6 Å². The van der Waals surface area contributed by atoms with Gasteiger partial charge in [0.05, 0.1) is 13.7 Å². The van der Waals surface area contributed by atoms with Crippen molar-refractivity contribution in [2.45, 2.75) is 13.2 Å². The van der Waals surface area contributed by atoms with Crippen LogP contribution in [0.2, 0.25) is 5.02 Å². The first-order valence-electron chi connectivity index (χ1n) is 6.09. The van der Waals surface area contributed by atoms with Gasteiger partial charge in [0.25, 0.3) is 0 Å². The van der Waals surface area contributed by atoms with Crippen molar-refractivity contribution in [3.63, 3.8) is 0 Å². The molecule has 2 aromatic carbocycles. The zero-order valence-electron chi connectivity index (χ0n) is 11.2. The van der Waals surface area contributed by atoms with Crippen LogP contribution in [0.1, 0.15) is 11.1 Å². The summed E-state index contributed by atoms with van der Waals surface area (Å²) in [6.07, 6.45) is 0. The van der Waals surface area contributed by atoms with Crippen LogP contribution in [0.3, 0.4) is 0 Å². The van der Waals surface area contributed by atoms with E-state index in [-0.39, 0.29) is 19.0 Å². The average Bonchev–Trinajstić information content (AvgIpc) is 2.48. The fraction of sp³-hybridized carbons (Fsp3) is 0.200. The molecule has 3 nitrogen and oxygen atoms in total. The average molecular weight is 376 g/mol. The van der Waals surface area contributed by atoms with Crippen molar-refractivity contribution in [1.29, 1.82) is 0 Å². The molecule has 0 amide bonds. The van der Waals surface area contributed by atoms with E-state index in [1.54, 1.807) is 24.3 Å². The number of aliphatic hydroxyl groups excluding tert-OH is 1. The quantitative estimate of drug-likeness (QED) is 0.846. The van der Waals surface area contributed by atoms with E-state index >= 15 is 0 Å². The molecule has 0 unspecified atom stereocenters. The highest BCUT2D eigenvalue weighted by Crippen LogP contribution is 2.35. The second-order valence-corrected chi connectivity index (χ2v) is 5.63. The molecule has 0 bridgehead atoms. The molecule has 112 valence electrons. The molecule has 0 aliphatic rings. The van der Waals surface area contributed by atoms with Gasteiger partial charge in [-0.2, -0.15) is 0 Å². The van der Waals surface area contributed by atoms with Crippen LogP contribution in [0.4, 0.5) is 4.39 Å². The molecule has 0 saturated carbocycles. The molecule has 0 aliphatic heterocycles. The lowest BCUT2D eigenvalue weighted by molar-refractivity contribution is 0.248. The maximum atomic E-state index is 13.7. The summed E-state index contributed by atoms with van der Waals surface area (Å²) in [6, 6.07) is 7.76. The van der Waals surface area contributed by atoms with E-state index < -0.39 is 0 Å². The first kappa shape index (κ1) is 16.1. The summed E-state index contributed by atoms with van der Waals surface area (Å²) in [4.78, 5) is 0. The lowest BCUT2D eigenvalue weighted by Crippen LogP contribution is -2.03. The molecule has 6 heteroatoms. The van der Waals surface area contributed by atoms with Gasteiger partial charge in [-0.1, -0.05) is 27.5 Å². The van der Waals surface area contributed by atoms with Crippen molar-refractivity contribution in [2.24, 2.45) is 0 Å². The summed E-state index contributed by atoms with van der Waals surface area (Å²) in [7, 11) is 1.47. The Kier molecular flexibility index (Phi) is 5.45. The van der Waals surface area contributed by atoms with Crippen LogP contribution in [0.25, 0.3) is 0 Å². The van der Waals surface area contributed by atoms with Crippen LogP contribution in [0, 0.1) is 5.82 Å². The fourth-order valence-electron chi connectivity index (χ4n) is 1.86. The largest absolute Gasteiger partial charge is 0.493 e. The Morgan fingerprint density at radius 3 is 2.67 bits per heavy atom. The van der Waals surface area contributed by atoms with Gasteiger partial charge in [-0.25, -0.2) is 4.39 Å². The summed E-state index contributed by atoms with van der Waals surface area (Å²) < 4.78 is 25.3. The minimum absolute atomic E-state index is 0.0102. The minimum atomic E-state index is -0.364. The number of ether oxygens (including phenoxy) is 2. The van der Waals surface area contributed by atoms with E-state index in [0.717, 1.165) is 4.47 Å². The zero-order valence-corrected chi connectivity index (χ0v) is 13.5. The van der Waals surface area contributed by atoms with E-state index in [1.807, 2.05) is 0 Å². The molecule has 21 heavy (non-hydrogen) atoms. The maximum Gasteiger partial charge on any atom is 0.167 e. The maximum absolute atomic E-state index is 13.7. The third-order valence-electron chi connectivity index (χ3n) is 2.87. The van der Waals surface area contributed by atoms with Gasteiger partial charge in [0.2, 0.25) is 0 Å². The molecule has 0 atom stereocenters. The smallest absolute Gasteiger partial charge is 0.167 e. The molecule has 0 aliphatic carbocycles. The normalized spacial score (nSPS) is 10.5. The first-order chi connectivity index (χ1) is 10.0. The predicted octanol–water partition coefficient (Wildman–Crippen LogP) is 4.32. The van der Waals surface area contributed by atoms with Crippen LogP contribution in [0.15, 0.2) is 34.8 Å². The molecular weight excluding hydrogens is 363 g/mol. The Hall–Kier alpha value is -1.30. The fourth-order valence-corrected chi connectivity index (χ4v) is 2.50. The third-order valence-corrected chi connectivity index (χ3v) is 3.58. The van der Waals surface area contributed by atoms with Crippen LogP contribution in [-0.4, -0.2) is 12.2 Å². The van der Waals surface area contributed by atoms with Crippen molar-refractivity contribution in [3.05, 3.63) is 56.8 Å². The van der Waals surface area contributed by atoms with Crippen molar-refractivity contribution in [1.82, 2.24) is 0 Å². The van der Waals surface area contributed by atoms with Gasteiger partial charge >= 0.3 is 0 Å². The Morgan fingerprint density at radius 1 is 1.24 bits per heavy atom. The number of rotatable bonds is 5. The summed E-state index contributed by atoms with van der Waals surface area (Å²) in [5.74, 6) is 0.377. The number of hydrogen-bond donors (Lipinski definition) is 1. The highest BCUT2D eigenvalue weighted by Gasteiger charge is 2.13. The van der Waals surface area contributed by atoms with Crippen LogP contribution < -0.4 is 9.47 Å². The second-order valence-electron chi connectivity index (χ2n) is 4.28. The lowest BCUT2D eigenvalue weighted by atomic mass is 10.2. The summed E-state index contributed by atoms with van der Waals surface area (Å²) in [5, 5.41) is 9.81. The molecule has 0 radical (unpaired) electrons. The van der Waals surface area contributed by atoms with Gasteiger partial charge in [0, 0.05) is 26.7 Å². The van der Waals surface area contributed by atoms with Gasteiger partial charge in [0.1, 0.15) is 12.4 Å². The Balaban J connectivity index is 2.29. The molecule has 1 N–H and O–H groups in total. The summed E-state index contributed by atoms with van der Waals surface area (Å²) in [6.45, 7) is -0.247. The monoisotopic (exact) mass is 374 g/mol. The van der Waals surface area contributed by atoms with Crippen LogP contribution >= 0.6 is 27.5 Å². The van der Waals surface area contributed by atoms with E-state index in [4.69, 9.17) is 21.1 Å². The number of aliphatic hydroxyl groups is 1. The molecular formula is C15H13BrClFO3. The van der Waals surface area contributed by atoms with Crippen molar-refractivity contribution < 1.29 is 19.0 Å². The molecule has 2 aromatic rings. The topological polar surface area (TPSA) is 38.7 Å². The van der Waals surface area contributed by atoms with Crippen LogP contribution in [-0.2, 0) is 13.2 Å². The molecule has 0 spiro atoms. The van der Waals surface area contributed by atoms with Gasteiger partial charge in [-0.3, -0.25) is 0 Å². The second kappa shape index (κ2) is 7.11. The highest BCUT2D eigenvalue weighted by atomic mass is 79.9. The highest BCUT2D eigenvalue weighted by molar-refractivity contribution is 9.10. The predicted molar refractivity (Wildman–Crippen MR) is 82.4 cm³/mol. The number of hydrogen-bond acceptors (Lipinski definition) is 3.